The highest BCUT2D eigenvalue weighted by molar-refractivity contribution is 5.80. The van der Waals surface area contributed by atoms with Crippen molar-refractivity contribution in [3.8, 4) is 0 Å². The molecule has 11 heavy (non-hydrogen) atoms. The molecule has 0 bridgehead atoms. The zero-order chi connectivity index (χ0) is 8.69. The Balaban J connectivity index is 3.86. The molecule has 0 spiro atoms. The van der Waals surface area contributed by atoms with Gasteiger partial charge < -0.3 is 15.4 Å². The summed E-state index contributed by atoms with van der Waals surface area (Å²) in [5, 5.41) is 0. The van der Waals surface area contributed by atoms with E-state index in [1.165, 1.54) is 4.90 Å². The van der Waals surface area contributed by atoms with E-state index in [9.17, 15) is 9.59 Å². The summed E-state index contributed by atoms with van der Waals surface area (Å²) < 4.78 is 0. The van der Waals surface area contributed by atoms with E-state index in [0.717, 1.165) is 6.42 Å². The zero-order valence-corrected chi connectivity index (χ0v) is 6.75. The standard InChI is InChI=1S/C7H14N2O2/c1-2-3-9(4-5-10)7(11)6-8/h5H,2-4,6,8H2,1H3. The molecule has 0 aromatic carbocycles. The highest BCUT2D eigenvalue weighted by Gasteiger charge is 2.08. The minimum atomic E-state index is -0.168. The number of aldehydes is 1. The maximum atomic E-state index is 10.9. The lowest BCUT2D eigenvalue weighted by Crippen LogP contribution is -2.37. The number of hydrogen-bond acceptors (Lipinski definition) is 3. The zero-order valence-electron chi connectivity index (χ0n) is 6.75. The molecular weight excluding hydrogens is 144 g/mol. The van der Waals surface area contributed by atoms with Crippen LogP contribution in [0.3, 0.4) is 0 Å². The topological polar surface area (TPSA) is 63.4 Å². The maximum Gasteiger partial charge on any atom is 0.236 e. The second-order valence-electron chi connectivity index (χ2n) is 2.21. The molecule has 0 saturated carbocycles. The average Bonchev–Trinajstić information content (AvgIpc) is 2.03. The van der Waals surface area contributed by atoms with Crippen molar-refractivity contribution < 1.29 is 9.59 Å². The van der Waals surface area contributed by atoms with Crippen molar-refractivity contribution in [3.05, 3.63) is 0 Å². The van der Waals surface area contributed by atoms with Gasteiger partial charge in [0.15, 0.2) is 0 Å². The molecule has 0 atom stereocenters. The highest BCUT2D eigenvalue weighted by atomic mass is 16.2. The van der Waals surface area contributed by atoms with Crippen LogP contribution in [0.25, 0.3) is 0 Å². The van der Waals surface area contributed by atoms with Crippen molar-refractivity contribution in [2.24, 2.45) is 5.73 Å². The van der Waals surface area contributed by atoms with E-state index in [0.29, 0.717) is 12.8 Å². The smallest absolute Gasteiger partial charge is 0.236 e. The van der Waals surface area contributed by atoms with Gasteiger partial charge >= 0.3 is 0 Å². The van der Waals surface area contributed by atoms with Crippen molar-refractivity contribution in [1.82, 2.24) is 4.90 Å². The van der Waals surface area contributed by atoms with Gasteiger partial charge in [-0.1, -0.05) is 6.92 Å². The van der Waals surface area contributed by atoms with Crippen LogP contribution in [-0.4, -0.2) is 36.7 Å². The first-order valence-corrected chi connectivity index (χ1v) is 3.67. The Kier molecular flexibility index (Phi) is 5.37. The van der Waals surface area contributed by atoms with E-state index < -0.39 is 0 Å². The molecular formula is C7H14N2O2. The van der Waals surface area contributed by atoms with Crippen molar-refractivity contribution >= 4 is 12.2 Å². The Morgan fingerprint density at radius 3 is 2.64 bits per heavy atom. The number of carbonyl (C=O) groups excluding carboxylic acids is 2. The van der Waals surface area contributed by atoms with Gasteiger partial charge in [-0.25, -0.2) is 0 Å². The van der Waals surface area contributed by atoms with Crippen LogP contribution < -0.4 is 5.73 Å². The molecule has 0 aliphatic rings. The molecule has 0 radical (unpaired) electrons. The van der Waals surface area contributed by atoms with Crippen molar-refractivity contribution in [2.75, 3.05) is 19.6 Å². The van der Waals surface area contributed by atoms with Gasteiger partial charge in [-0.2, -0.15) is 0 Å². The lowest BCUT2D eigenvalue weighted by Gasteiger charge is -2.17. The molecule has 0 aliphatic carbocycles. The predicted molar refractivity (Wildman–Crippen MR) is 42.0 cm³/mol. The van der Waals surface area contributed by atoms with Gasteiger partial charge in [0.25, 0.3) is 0 Å². The number of nitrogens with zero attached hydrogens (tertiary/aromatic N) is 1. The van der Waals surface area contributed by atoms with Gasteiger partial charge in [-0.15, -0.1) is 0 Å². The summed E-state index contributed by atoms with van der Waals surface area (Å²) >= 11 is 0. The van der Waals surface area contributed by atoms with Crippen LogP contribution in [0.4, 0.5) is 0 Å². The molecule has 0 aromatic rings. The van der Waals surface area contributed by atoms with Crippen molar-refractivity contribution in [3.63, 3.8) is 0 Å². The number of hydrogen-bond donors (Lipinski definition) is 1. The van der Waals surface area contributed by atoms with Crippen molar-refractivity contribution in [2.45, 2.75) is 13.3 Å². The summed E-state index contributed by atoms with van der Waals surface area (Å²) in [6, 6.07) is 0. The molecule has 0 rings (SSSR count). The molecule has 0 fully saturated rings. The van der Waals surface area contributed by atoms with E-state index in [4.69, 9.17) is 5.73 Å². The highest BCUT2D eigenvalue weighted by Crippen LogP contribution is 1.89. The van der Waals surface area contributed by atoms with Gasteiger partial charge in [0.2, 0.25) is 5.91 Å². The molecule has 0 unspecified atom stereocenters. The largest absolute Gasteiger partial charge is 0.335 e. The van der Waals surface area contributed by atoms with E-state index in [1.807, 2.05) is 6.92 Å². The monoisotopic (exact) mass is 158 g/mol. The van der Waals surface area contributed by atoms with Gasteiger partial charge in [0.05, 0.1) is 13.1 Å². The molecule has 0 aliphatic heterocycles. The summed E-state index contributed by atoms with van der Waals surface area (Å²) in [5.41, 5.74) is 5.13. The summed E-state index contributed by atoms with van der Waals surface area (Å²) in [6.07, 6.45) is 1.56. The number of amides is 1. The normalized spacial score (nSPS) is 9.27. The lowest BCUT2D eigenvalue weighted by atomic mass is 10.4. The fourth-order valence-electron chi connectivity index (χ4n) is 0.807. The predicted octanol–water partition coefficient (Wildman–Crippen LogP) is -0.617. The summed E-state index contributed by atoms with van der Waals surface area (Å²) in [7, 11) is 0. The summed E-state index contributed by atoms with van der Waals surface area (Å²) in [6.45, 7) is 2.69. The van der Waals surface area contributed by atoms with Crippen LogP contribution in [0.1, 0.15) is 13.3 Å². The number of nitrogens with two attached hydrogens (primary N) is 1. The van der Waals surface area contributed by atoms with E-state index >= 15 is 0 Å². The Morgan fingerprint density at radius 1 is 1.64 bits per heavy atom. The fourth-order valence-corrected chi connectivity index (χ4v) is 0.807. The van der Waals surface area contributed by atoms with Crippen LogP contribution in [0.5, 0.6) is 0 Å². The van der Waals surface area contributed by atoms with Gasteiger partial charge in [-0.3, -0.25) is 4.79 Å². The van der Waals surface area contributed by atoms with E-state index in [-0.39, 0.29) is 19.0 Å². The fraction of sp³-hybridized carbons (Fsp3) is 0.714. The number of rotatable bonds is 5. The van der Waals surface area contributed by atoms with Gasteiger partial charge in [-0.05, 0) is 6.42 Å². The van der Waals surface area contributed by atoms with Gasteiger partial charge in [0.1, 0.15) is 6.29 Å². The van der Waals surface area contributed by atoms with Crippen LogP contribution in [0, 0.1) is 0 Å². The van der Waals surface area contributed by atoms with E-state index in [1.54, 1.807) is 0 Å². The molecule has 0 saturated heterocycles. The molecule has 0 aromatic heterocycles. The first-order valence-electron chi connectivity index (χ1n) is 3.67. The van der Waals surface area contributed by atoms with E-state index in [2.05, 4.69) is 0 Å². The van der Waals surface area contributed by atoms with Gasteiger partial charge in [0, 0.05) is 6.54 Å². The minimum Gasteiger partial charge on any atom is -0.335 e. The second kappa shape index (κ2) is 5.85. The SMILES string of the molecule is CCCN(CC=O)C(=O)CN. The summed E-state index contributed by atoms with van der Waals surface area (Å²) in [4.78, 5) is 22.5. The first-order chi connectivity index (χ1) is 5.26. The minimum absolute atomic E-state index is 0.0200. The number of carbonyl (C=O) groups is 2. The Morgan fingerprint density at radius 2 is 2.27 bits per heavy atom. The average molecular weight is 158 g/mol. The molecule has 2 N–H and O–H groups in total. The maximum absolute atomic E-state index is 10.9. The lowest BCUT2D eigenvalue weighted by molar-refractivity contribution is -0.131. The molecule has 64 valence electrons. The molecule has 4 heteroatoms. The molecule has 1 amide bonds. The third-order valence-electron chi connectivity index (χ3n) is 1.32. The van der Waals surface area contributed by atoms with Crippen LogP contribution in [-0.2, 0) is 9.59 Å². The van der Waals surface area contributed by atoms with Crippen molar-refractivity contribution in [1.29, 1.82) is 0 Å². The van der Waals surface area contributed by atoms with Crippen LogP contribution in [0.15, 0.2) is 0 Å². The third-order valence-corrected chi connectivity index (χ3v) is 1.32. The Labute approximate surface area is 66.4 Å². The third kappa shape index (κ3) is 3.72. The Hall–Kier alpha value is -0.900. The quantitative estimate of drug-likeness (QED) is 0.542. The van der Waals surface area contributed by atoms with Crippen LogP contribution >= 0.6 is 0 Å². The second-order valence-corrected chi connectivity index (χ2v) is 2.21. The molecule has 4 nitrogen and oxygen atoms in total. The first kappa shape index (κ1) is 10.1. The summed E-state index contributed by atoms with van der Waals surface area (Å²) in [5.74, 6) is -0.168. The Bertz CT molecular complexity index is 136. The molecule has 0 heterocycles. The van der Waals surface area contributed by atoms with Crippen LogP contribution in [0.2, 0.25) is 0 Å².